The van der Waals surface area contributed by atoms with Crippen LogP contribution in [-0.2, 0) is 18.9 Å². The zero-order chi connectivity index (χ0) is 22.1. The van der Waals surface area contributed by atoms with Crippen LogP contribution in [0.2, 0.25) is 0 Å². The van der Waals surface area contributed by atoms with Gasteiger partial charge in [0.25, 0.3) is 0 Å². The molecular weight excluding hydrogens is 384 g/mol. The number of methoxy groups -OCH3 is 2. The summed E-state index contributed by atoms with van der Waals surface area (Å²) in [7, 11) is 3.26. The van der Waals surface area contributed by atoms with Crippen molar-refractivity contribution in [2.75, 3.05) is 53.9 Å². The van der Waals surface area contributed by atoms with Gasteiger partial charge < -0.3 is 28.4 Å². The van der Waals surface area contributed by atoms with Gasteiger partial charge in [-0.2, -0.15) is 0 Å². The summed E-state index contributed by atoms with van der Waals surface area (Å²) in [6.07, 6.45) is 2.80. The van der Waals surface area contributed by atoms with Crippen LogP contribution in [0.3, 0.4) is 0 Å². The Morgan fingerprint density at radius 1 is 0.567 bits per heavy atom. The Balaban J connectivity index is 0.000000503. The van der Waals surface area contributed by atoms with Crippen molar-refractivity contribution in [3.8, 4) is 11.5 Å². The number of para-hydroxylation sites is 2. The van der Waals surface area contributed by atoms with Crippen LogP contribution in [0.5, 0.6) is 11.5 Å². The number of ether oxygens (including phenoxy) is 6. The molecule has 0 radical (unpaired) electrons. The molecule has 0 N–H and O–H groups in total. The van der Waals surface area contributed by atoms with Crippen molar-refractivity contribution < 1.29 is 28.4 Å². The first-order valence-electron chi connectivity index (χ1n) is 9.57. The summed E-state index contributed by atoms with van der Waals surface area (Å²) >= 11 is 0. The monoisotopic (exact) mass is 418 g/mol. The maximum absolute atomic E-state index is 5.50. The third-order valence-electron chi connectivity index (χ3n) is 3.15. The summed E-state index contributed by atoms with van der Waals surface area (Å²) in [5.74, 6) is 1.75. The highest BCUT2D eigenvalue weighted by atomic mass is 16.5. The predicted octanol–water partition coefficient (Wildman–Crippen LogP) is 4.73. The van der Waals surface area contributed by atoms with Crippen molar-refractivity contribution in [3.05, 3.63) is 86.3 Å². The van der Waals surface area contributed by atoms with Gasteiger partial charge in [0.05, 0.1) is 25.7 Å². The molecule has 6 heteroatoms. The van der Waals surface area contributed by atoms with Gasteiger partial charge in [-0.1, -0.05) is 49.6 Å². The molecule has 0 fully saturated rings. The minimum atomic E-state index is 0.554. The van der Waals surface area contributed by atoms with E-state index in [0.29, 0.717) is 39.6 Å². The molecule has 0 aliphatic rings. The quantitative estimate of drug-likeness (QED) is 0.346. The molecule has 2 rings (SSSR count). The first kappa shape index (κ1) is 27.0. The van der Waals surface area contributed by atoms with Crippen LogP contribution in [0.15, 0.2) is 86.3 Å². The van der Waals surface area contributed by atoms with E-state index in [1.165, 1.54) is 12.5 Å². The van der Waals surface area contributed by atoms with Crippen molar-refractivity contribution in [3.63, 3.8) is 0 Å². The average molecular weight is 419 g/mol. The molecule has 30 heavy (non-hydrogen) atoms. The molecule has 2 aromatic rings. The molecule has 2 aromatic carbocycles. The number of rotatable bonds is 13. The molecule has 6 nitrogen and oxygen atoms in total. The summed E-state index contributed by atoms with van der Waals surface area (Å²) in [6, 6.07) is 19.5. The van der Waals surface area contributed by atoms with Gasteiger partial charge in [-0.3, -0.25) is 0 Å². The number of hydrogen-bond donors (Lipinski definition) is 0. The highest BCUT2D eigenvalue weighted by Crippen LogP contribution is 2.10. The zero-order valence-corrected chi connectivity index (χ0v) is 18.0. The average Bonchev–Trinajstić information content (AvgIpc) is 2.80. The Kier molecular flexibility index (Phi) is 20.1. The fraction of sp³-hybridized carbons (Fsp3) is 0.333. The number of hydrogen-bond acceptors (Lipinski definition) is 6. The molecule has 0 aliphatic carbocycles. The van der Waals surface area contributed by atoms with Crippen LogP contribution in [0.4, 0.5) is 0 Å². The van der Waals surface area contributed by atoms with Gasteiger partial charge in [-0.15, -0.1) is 0 Å². The summed E-state index contributed by atoms with van der Waals surface area (Å²) in [5.41, 5.74) is 0. The molecule has 0 unspecified atom stereocenters. The third-order valence-corrected chi connectivity index (χ3v) is 3.15. The molecule has 166 valence electrons. The van der Waals surface area contributed by atoms with Gasteiger partial charge in [-0.05, 0) is 24.3 Å². The fourth-order valence-corrected chi connectivity index (χ4v) is 1.78. The number of benzene rings is 2. The molecule has 0 spiro atoms. The molecule has 0 saturated heterocycles. The van der Waals surface area contributed by atoms with Gasteiger partial charge in [0, 0.05) is 14.2 Å². The van der Waals surface area contributed by atoms with Crippen molar-refractivity contribution in [2.45, 2.75) is 0 Å². The van der Waals surface area contributed by atoms with E-state index in [2.05, 4.69) is 22.6 Å². The maximum atomic E-state index is 5.50. The van der Waals surface area contributed by atoms with E-state index < -0.39 is 0 Å². The van der Waals surface area contributed by atoms with E-state index in [1.54, 1.807) is 14.2 Å². The maximum Gasteiger partial charge on any atom is 0.122 e. The molecule has 0 saturated carbocycles. The lowest BCUT2D eigenvalue weighted by Crippen LogP contribution is -2.08. The van der Waals surface area contributed by atoms with E-state index in [0.717, 1.165) is 11.5 Å². The van der Waals surface area contributed by atoms with Crippen LogP contribution in [-0.4, -0.2) is 53.9 Å². The van der Waals surface area contributed by atoms with Crippen molar-refractivity contribution in [1.82, 2.24) is 0 Å². The Bertz CT molecular complexity index is 548. The highest BCUT2D eigenvalue weighted by Gasteiger charge is 1.93. The summed E-state index contributed by atoms with van der Waals surface area (Å²) in [5, 5.41) is 0. The molecular formula is C24H34O6. The van der Waals surface area contributed by atoms with Gasteiger partial charge in [-0.25, -0.2) is 0 Å². The molecule has 0 heterocycles. The molecule has 0 aromatic heterocycles. The normalized spacial score (nSPS) is 9.00. The topological polar surface area (TPSA) is 55.4 Å². The molecule has 0 bridgehead atoms. The summed E-state index contributed by atoms with van der Waals surface area (Å²) in [4.78, 5) is 0. The van der Waals surface area contributed by atoms with E-state index in [-0.39, 0.29) is 0 Å². The largest absolute Gasteiger partial charge is 0.499 e. The van der Waals surface area contributed by atoms with Crippen molar-refractivity contribution in [2.24, 2.45) is 0 Å². The van der Waals surface area contributed by atoms with Crippen molar-refractivity contribution in [1.29, 1.82) is 0 Å². The van der Waals surface area contributed by atoms with Crippen LogP contribution >= 0.6 is 0 Å². The van der Waals surface area contributed by atoms with Crippen LogP contribution in [0.25, 0.3) is 0 Å². The predicted molar refractivity (Wildman–Crippen MR) is 120 cm³/mol. The van der Waals surface area contributed by atoms with Gasteiger partial charge >= 0.3 is 0 Å². The van der Waals surface area contributed by atoms with E-state index >= 15 is 0 Å². The molecule has 0 aliphatic heterocycles. The van der Waals surface area contributed by atoms with Crippen LogP contribution < -0.4 is 9.47 Å². The van der Waals surface area contributed by atoms with Gasteiger partial charge in [0.2, 0.25) is 0 Å². The second kappa shape index (κ2) is 22.3. The Morgan fingerprint density at radius 3 is 1.23 bits per heavy atom. The van der Waals surface area contributed by atoms with E-state index in [9.17, 15) is 0 Å². The Morgan fingerprint density at radius 2 is 0.933 bits per heavy atom. The lowest BCUT2D eigenvalue weighted by Gasteiger charge is -2.07. The van der Waals surface area contributed by atoms with Crippen LogP contribution in [0.1, 0.15) is 0 Å². The Hall–Kier alpha value is -2.96. The van der Waals surface area contributed by atoms with Gasteiger partial charge in [0.15, 0.2) is 0 Å². The van der Waals surface area contributed by atoms with E-state index in [1.807, 2.05) is 60.7 Å². The molecule has 0 amide bonds. The standard InChI is InChI=1S/C14H14O2.2C5H10O2/c1-3-7-13(8-4-1)15-11-12-16-14-9-5-2-6-10-14;2*1-3-7-5-4-6-2/h1-10H,11-12H2;2*3H,1,4-5H2,2H3. The SMILES string of the molecule is C=COCCOC.C=COCCOC.c1ccc(OCCOc2ccccc2)cc1. The smallest absolute Gasteiger partial charge is 0.122 e. The molecule has 0 atom stereocenters. The minimum Gasteiger partial charge on any atom is -0.499 e. The summed E-state index contributed by atoms with van der Waals surface area (Å²) in [6.45, 7) is 10.3. The second-order valence-corrected chi connectivity index (χ2v) is 5.38. The van der Waals surface area contributed by atoms with Gasteiger partial charge in [0.1, 0.15) is 37.9 Å². The lowest BCUT2D eigenvalue weighted by molar-refractivity contribution is 0.124. The second-order valence-electron chi connectivity index (χ2n) is 5.38. The van der Waals surface area contributed by atoms with E-state index in [4.69, 9.17) is 18.9 Å². The lowest BCUT2D eigenvalue weighted by atomic mass is 10.3. The van der Waals surface area contributed by atoms with Crippen LogP contribution in [0, 0.1) is 0 Å². The van der Waals surface area contributed by atoms with Crippen molar-refractivity contribution >= 4 is 0 Å². The highest BCUT2D eigenvalue weighted by molar-refractivity contribution is 5.22. The first-order valence-corrected chi connectivity index (χ1v) is 9.57. The fourth-order valence-electron chi connectivity index (χ4n) is 1.78. The minimum absolute atomic E-state index is 0.554. The zero-order valence-electron chi connectivity index (χ0n) is 18.0. The first-order chi connectivity index (χ1) is 14.8. The Labute approximate surface area is 180 Å². The summed E-state index contributed by atoms with van der Waals surface area (Å²) < 4.78 is 29.8. The third kappa shape index (κ3) is 18.4.